The van der Waals surface area contributed by atoms with Gasteiger partial charge >= 0.3 is 0 Å². The molecule has 0 aromatic carbocycles. The van der Waals surface area contributed by atoms with Gasteiger partial charge in [-0.1, -0.05) is 26.7 Å². The van der Waals surface area contributed by atoms with Crippen LogP contribution in [0.3, 0.4) is 0 Å². The highest BCUT2D eigenvalue weighted by molar-refractivity contribution is 5.80. The molecule has 2 N–H and O–H groups in total. The van der Waals surface area contributed by atoms with Gasteiger partial charge in [0, 0.05) is 37.1 Å². The molecular formula is C16H29N3O. The van der Waals surface area contributed by atoms with Crippen molar-refractivity contribution in [2.75, 3.05) is 19.7 Å². The number of rotatable bonds is 5. The van der Waals surface area contributed by atoms with E-state index in [9.17, 15) is 0 Å². The topological polar surface area (TPSA) is 45.7 Å². The smallest absolute Gasteiger partial charge is 0.191 e. The van der Waals surface area contributed by atoms with Crippen molar-refractivity contribution < 1.29 is 4.74 Å². The van der Waals surface area contributed by atoms with Crippen molar-refractivity contribution in [1.29, 1.82) is 0 Å². The number of nitrogens with one attached hydrogen (secondary N) is 2. The van der Waals surface area contributed by atoms with Crippen LogP contribution in [0.25, 0.3) is 0 Å². The van der Waals surface area contributed by atoms with E-state index in [4.69, 9.17) is 9.73 Å². The molecule has 3 aliphatic rings. The van der Waals surface area contributed by atoms with Gasteiger partial charge in [0.1, 0.15) is 0 Å². The van der Waals surface area contributed by atoms with Crippen LogP contribution >= 0.6 is 0 Å². The van der Waals surface area contributed by atoms with Crippen LogP contribution in [0.2, 0.25) is 0 Å². The second kappa shape index (κ2) is 5.55. The summed E-state index contributed by atoms with van der Waals surface area (Å²) in [4.78, 5) is 4.75. The van der Waals surface area contributed by atoms with Crippen LogP contribution in [0.15, 0.2) is 4.99 Å². The molecule has 2 aliphatic carbocycles. The molecule has 114 valence electrons. The van der Waals surface area contributed by atoms with Gasteiger partial charge in [0.2, 0.25) is 0 Å². The summed E-state index contributed by atoms with van der Waals surface area (Å²) < 4.78 is 5.86. The van der Waals surface area contributed by atoms with Gasteiger partial charge < -0.3 is 15.4 Å². The summed E-state index contributed by atoms with van der Waals surface area (Å²) in [6.45, 7) is 9.55. The largest absolute Gasteiger partial charge is 0.377 e. The number of ether oxygens (including phenoxy) is 1. The van der Waals surface area contributed by atoms with Crippen LogP contribution < -0.4 is 10.6 Å². The van der Waals surface area contributed by atoms with Gasteiger partial charge in [0.15, 0.2) is 5.96 Å². The summed E-state index contributed by atoms with van der Waals surface area (Å²) >= 11 is 0. The van der Waals surface area contributed by atoms with E-state index in [1.165, 1.54) is 25.7 Å². The Morgan fingerprint density at radius 3 is 2.80 bits per heavy atom. The van der Waals surface area contributed by atoms with Crippen LogP contribution in [0.1, 0.15) is 46.5 Å². The molecule has 3 rings (SSSR count). The van der Waals surface area contributed by atoms with Gasteiger partial charge in [-0.05, 0) is 25.7 Å². The lowest BCUT2D eigenvalue weighted by Gasteiger charge is -2.54. The lowest BCUT2D eigenvalue weighted by atomic mass is 9.57. The fourth-order valence-electron chi connectivity index (χ4n) is 3.85. The Morgan fingerprint density at radius 2 is 2.10 bits per heavy atom. The van der Waals surface area contributed by atoms with Crippen molar-refractivity contribution in [2.24, 2.45) is 22.2 Å². The predicted octanol–water partition coefficient (Wildman–Crippen LogP) is 2.16. The zero-order valence-corrected chi connectivity index (χ0v) is 13.1. The highest BCUT2D eigenvalue weighted by Crippen LogP contribution is 2.52. The SMILES string of the molecule is CCNC(=NCCC1CC1)NC1C2CCOC2C1(C)C. The summed E-state index contributed by atoms with van der Waals surface area (Å²) in [5, 5.41) is 7.06. The standard InChI is InChI=1S/C16H29N3O/c1-4-17-15(18-9-7-11-5-6-11)19-13-12-8-10-20-14(12)16(13,2)3/h11-14H,4-10H2,1-3H3,(H2,17,18,19). The summed E-state index contributed by atoms with van der Waals surface area (Å²) in [6, 6.07) is 0.494. The third-order valence-electron chi connectivity index (χ3n) is 5.24. The highest BCUT2D eigenvalue weighted by Gasteiger charge is 2.59. The maximum Gasteiger partial charge on any atom is 0.191 e. The predicted molar refractivity (Wildman–Crippen MR) is 81.9 cm³/mol. The van der Waals surface area contributed by atoms with Crippen molar-refractivity contribution in [3.63, 3.8) is 0 Å². The first kappa shape index (κ1) is 14.2. The molecule has 0 bridgehead atoms. The van der Waals surface area contributed by atoms with Crippen molar-refractivity contribution in [3.05, 3.63) is 0 Å². The molecule has 0 aromatic heterocycles. The second-order valence-electron chi connectivity index (χ2n) is 7.18. The molecule has 3 unspecified atom stereocenters. The zero-order chi connectivity index (χ0) is 14.2. The molecule has 2 saturated carbocycles. The minimum absolute atomic E-state index is 0.216. The summed E-state index contributed by atoms with van der Waals surface area (Å²) in [5.41, 5.74) is 0.216. The Bertz CT molecular complexity index is 376. The molecule has 4 heteroatoms. The van der Waals surface area contributed by atoms with Crippen LogP contribution in [0, 0.1) is 17.3 Å². The maximum atomic E-state index is 5.86. The van der Waals surface area contributed by atoms with Crippen molar-refractivity contribution in [1.82, 2.24) is 10.6 Å². The molecule has 0 spiro atoms. The fourth-order valence-corrected chi connectivity index (χ4v) is 3.85. The first-order chi connectivity index (χ1) is 9.63. The van der Waals surface area contributed by atoms with E-state index in [-0.39, 0.29) is 5.41 Å². The number of guanidine groups is 1. The van der Waals surface area contributed by atoms with E-state index in [0.717, 1.165) is 31.6 Å². The summed E-state index contributed by atoms with van der Waals surface area (Å²) in [6.07, 6.45) is 5.70. The molecule has 20 heavy (non-hydrogen) atoms. The molecule has 3 fully saturated rings. The number of hydrogen-bond donors (Lipinski definition) is 2. The third-order valence-corrected chi connectivity index (χ3v) is 5.24. The van der Waals surface area contributed by atoms with E-state index >= 15 is 0 Å². The molecule has 3 atom stereocenters. The minimum Gasteiger partial charge on any atom is -0.377 e. The van der Waals surface area contributed by atoms with Gasteiger partial charge in [0.25, 0.3) is 0 Å². The first-order valence-electron chi connectivity index (χ1n) is 8.29. The highest BCUT2D eigenvalue weighted by atomic mass is 16.5. The van der Waals surface area contributed by atoms with Crippen molar-refractivity contribution >= 4 is 5.96 Å². The number of hydrogen-bond acceptors (Lipinski definition) is 2. The molecular weight excluding hydrogens is 250 g/mol. The Labute approximate surface area is 122 Å². The number of nitrogens with zero attached hydrogens (tertiary/aromatic N) is 1. The van der Waals surface area contributed by atoms with E-state index in [1.54, 1.807) is 0 Å². The molecule has 1 heterocycles. The van der Waals surface area contributed by atoms with Crippen LogP contribution in [0.5, 0.6) is 0 Å². The molecule has 0 radical (unpaired) electrons. The minimum atomic E-state index is 0.216. The normalized spacial score (nSPS) is 35.4. The van der Waals surface area contributed by atoms with Gasteiger partial charge in [-0.2, -0.15) is 0 Å². The fraction of sp³-hybridized carbons (Fsp3) is 0.938. The lowest BCUT2D eigenvalue weighted by molar-refractivity contribution is -0.106. The maximum absolute atomic E-state index is 5.86. The Kier molecular flexibility index (Phi) is 3.93. The molecule has 1 aliphatic heterocycles. The molecule has 4 nitrogen and oxygen atoms in total. The van der Waals surface area contributed by atoms with Gasteiger partial charge in [-0.3, -0.25) is 4.99 Å². The Hall–Kier alpha value is -0.770. The second-order valence-corrected chi connectivity index (χ2v) is 7.18. The molecule has 0 aromatic rings. The van der Waals surface area contributed by atoms with E-state index in [2.05, 4.69) is 31.4 Å². The van der Waals surface area contributed by atoms with Gasteiger partial charge in [-0.15, -0.1) is 0 Å². The van der Waals surface area contributed by atoms with E-state index in [0.29, 0.717) is 18.1 Å². The monoisotopic (exact) mass is 279 g/mol. The third kappa shape index (κ3) is 2.67. The Balaban J connectivity index is 1.57. The molecule has 1 saturated heterocycles. The summed E-state index contributed by atoms with van der Waals surface area (Å²) in [5.74, 6) is 2.61. The lowest BCUT2D eigenvalue weighted by Crippen LogP contribution is -2.67. The van der Waals surface area contributed by atoms with Gasteiger partial charge in [-0.25, -0.2) is 0 Å². The number of fused-ring (bicyclic) bond motifs is 1. The zero-order valence-electron chi connectivity index (χ0n) is 13.1. The van der Waals surface area contributed by atoms with Crippen LogP contribution in [-0.4, -0.2) is 37.8 Å². The van der Waals surface area contributed by atoms with Crippen molar-refractivity contribution in [3.8, 4) is 0 Å². The average Bonchev–Trinajstić information content (AvgIpc) is 3.11. The molecule has 0 amide bonds. The van der Waals surface area contributed by atoms with E-state index < -0.39 is 0 Å². The number of aliphatic imine (C=N–C) groups is 1. The Morgan fingerprint density at radius 1 is 1.30 bits per heavy atom. The first-order valence-corrected chi connectivity index (χ1v) is 8.29. The van der Waals surface area contributed by atoms with Crippen molar-refractivity contribution in [2.45, 2.75) is 58.6 Å². The van der Waals surface area contributed by atoms with Crippen LogP contribution in [-0.2, 0) is 4.74 Å². The quantitative estimate of drug-likeness (QED) is 0.599. The van der Waals surface area contributed by atoms with Gasteiger partial charge in [0.05, 0.1) is 6.10 Å². The van der Waals surface area contributed by atoms with Crippen LogP contribution in [0.4, 0.5) is 0 Å². The average molecular weight is 279 g/mol. The summed E-state index contributed by atoms with van der Waals surface area (Å²) in [7, 11) is 0. The van der Waals surface area contributed by atoms with E-state index in [1.807, 2.05) is 0 Å².